The molecule has 2 aliphatic rings. The van der Waals surface area contributed by atoms with Crippen LogP contribution in [0.2, 0.25) is 0 Å². The number of rotatable bonds is 2. The minimum atomic E-state index is -0.719. The van der Waals surface area contributed by atoms with Crippen molar-refractivity contribution in [2.45, 2.75) is 72.3 Å². The van der Waals surface area contributed by atoms with E-state index in [1.807, 2.05) is 20.8 Å². The first-order chi connectivity index (χ1) is 9.74. The fraction of sp³-hybridized carbons (Fsp3) is 0.941. The van der Waals surface area contributed by atoms with Gasteiger partial charge in [-0.15, -0.1) is 0 Å². The molecule has 0 aromatic rings. The summed E-state index contributed by atoms with van der Waals surface area (Å²) in [6.07, 6.45) is 1.20. The Labute approximate surface area is 128 Å². The van der Waals surface area contributed by atoms with Crippen molar-refractivity contribution in [1.29, 1.82) is 0 Å². The van der Waals surface area contributed by atoms with Crippen LogP contribution in [-0.4, -0.2) is 28.9 Å². The van der Waals surface area contributed by atoms with Gasteiger partial charge in [0.15, 0.2) is 0 Å². The van der Waals surface area contributed by atoms with Crippen LogP contribution < -0.4 is 5.32 Å². The van der Waals surface area contributed by atoms with Gasteiger partial charge in [-0.2, -0.15) is 0 Å². The molecule has 4 nitrogen and oxygen atoms in total. The van der Waals surface area contributed by atoms with Gasteiger partial charge in [-0.1, -0.05) is 41.5 Å². The Balaban J connectivity index is 2.33. The van der Waals surface area contributed by atoms with E-state index >= 15 is 0 Å². The van der Waals surface area contributed by atoms with Gasteiger partial charge in [0.05, 0.1) is 12.2 Å². The highest BCUT2D eigenvalue weighted by molar-refractivity contribution is 5.80. The van der Waals surface area contributed by atoms with E-state index in [0.717, 1.165) is 12.8 Å². The summed E-state index contributed by atoms with van der Waals surface area (Å²) < 4.78 is 6.45. The van der Waals surface area contributed by atoms with Gasteiger partial charge in [0.2, 0.25) is 5.91 Å². The molecule has 2 aliphatic heterocycles. The van der Waals surface area contributed by atoms with E-state index in [-0.39, 0.29) is 35.7 Å². The van der Waals surface area contributed by atoms with Gasteiger partial charge in [-0.3, -0.25) is 4.79 Å². The van der Waals surface area contributed by atoms with Crippen LogP contribution in [0.15, 0.2) is 0 Å². The molecule has 4 heteroatoms. The van der Waals surface area contributed by atoms with Crippen LogP contribution in [0.5, 0.6) is 0 Å². The molecule has 0 bridgehead atoms. The SMILES string of the molecule is CC[C@H]1C[C@H](C)[C@@]2(NC1=O)O[C@@H](C(C)C)[C@H](C)[C@H](O)[C@@H]2C. The summed E-state index contributed by atoms with van der Waals surface area (Å²) in [5.41, 5.74) is -0.719. The zero-order chi connectivity index (χ0) is 15.9. The Morgan fingerprint density at radius 3 is 2.52 bits per heavy atom. The largest absolute Gasteiger partial charge is 0.392 e. The number of hydrogen-bond donors (Lipinski definition) is 2. The lowest BCUT2D eigenvalue weighted by Gasteiger charge is -2.57. The Bertz CT molecular complexity index is 397. The standard InChI is InChI=1S/C17H31NO3/c1-7-13-8-10(4)17(18-16(13)20)12(6)14(19)11(5)15(21-17)9(2)3/h9-15,19H,7-8H2,1-6H3,(H,18,20)/t10-,11+,12-,13-,14-,15-,17+/m0/s1. The van der Waals surface area contributed by atoms with Crippen LogP contribution in [0.4, 0.5) is 0 Å². The molecule has 2 saturated heterocycles. The molecule has 2 heterocycles. The van der Waals surface area contributed by atoms with Crippen LogP contribution in [0, 0.1) is 29.6 Å². The topological polar surface area (TPSA) is 58.6 Å². The summed E-state index contributed by atoms with van der Waals surface area (Å²) in [4.78, 5) is 12.4. The lowest BCUT2D eigenvalue weighted by molar-refractivity contribution is -0.270. The predicted molar refractivity (Wildman–Crippen MR) is 82.5 cm³/mol. The number of amides is 1. The minimum Gasteiger partial charge on any atom is -0.392 e. The molecule has 0 unspecified atom stereocenters. The van der Waals surface area contributed by atoms with Crippen molar-refractivity contribution in [3.05, 3.63) is 0 Å². The smallest absolute Gasteiger partial charge is 0.225 e. The van der Waals surface area contributed by atoms with E-state index in [2.05, 4.69) is 26.1 Å². The monoisotopic (exact) mass is 297 g/mol. The third kappa shape index (κ3) is 2.61. The summed E-state index contributed by atoms with van der Waals surface area (Å²) in [6, 6.07) is 0. The first kappa shape index (κ1) is 16.8. The lowest BCUT2D eigenvalue weighted by Crippen LogP contribution is -2.71. The number of piperidine rings is 1. The summed E-state index contributed by atoms with van der Waals surface area (Å²) in [7, 11) is 0. The highest BCUT2D eigenvalue weighted by atomic mass is 16.5. The van der Waals surface area contributed by atoms with Crippen molar-refractivity contribution in [2.24, 2.45) is 29.6 Å². The van der Waals surface area contributed by atoms with Crippen LogP contribution in [0.1, 0.15) is 54.4 Å². The lowest BCUT2D eigenvalue weighted by atomic mass is 9.69. The van der Waals surface area contributed by atoms with Crippen LogP contribution >= 0.6 is 0 Å². The Morgan fingerprint density at radius 2 is 2.00 bits per heavy atom. The Morgan fingerprint density at radius 1 is 1.38 bits per heavy atom. The van der Waals surface area contributed by atoms with Crippen molar-refractivity contribution >= 4 is 5.91 Å². The van der Waals surface area contributed by atoms with E-state index in [1.54, 1.807) is 0 Å². The molecular formula is C17H31NO3. The number of nitrogens with one attached hydrogen (secondary N) is 1. The summed E-state index contributed by atoms with van der Waals surface area (Å²) in [5.74, 6) is 0.644. The van der Waals surface area contributed by atoms with Crippen molar-refractivity contribution in [3.8, 4) is 0 Å². The number of aliphatic hydroxyl groups is 1. The number of aliphatic hydroxyl groups excluding tert-OH is 1. The molecule has 1 spiro atoms. The van der Waals surface area contributed by atoms with E-state index in [1.165, 1.54) is 0 Å². The molecule has 1 amide bonds. The number of ether oxygens (including phenoxy) is 1. The molecule has 0 aliphatic carbocycles. The Kier molecular flexibility index (Phi) is 4.69. The highest BCUT2D eigenvalue weighted by Crippen LogP contribution is 2.46. The van der Waals surface area contributed by atoms with Crippen molar-refractivity contribution < 1.29 is 14.6 Å². The molecule has 7 atom stereocenters. The van der Waals surface area contributed by atoms with E-state index in [4.69, 9.17) is 4.74 Å². The van der Waals surface area contributed by atoms with Gasteiger partial charge in [-0.25, -0.2) is 0 Å². The maximum Gasteiger partial charge on any atom is 0.225 e. The summed E-state index contributed by atoms with van der Waals surface area (Å²) in [6.45, 7) is 12.5. The average Bonchev–Trinajstić information content (AvgIpc) is 2.43. The van der Waals surface area contributed by atoms with Crippen LogP contribution in [0.3, 0.4) is 0 Å². The highest BCUT2D eigenvalue weighted by Gasteiger charge is 2.57. The quantitative estimate of drug-likeness (QED) is 0.823. The molecule has 2 fully saturated rings. The summed E-state index contributed by atoms with van der Waals surface area (Å²) in [5, 5.41) is 13.8. The van der Waals surface area contributed by atoms with Gasteiger partial charge in [0.1, 0.15) is 5.72 Å². The normalized spacial score (nSPS) is 47.7. The van der Waals surface area contributed by atoms with Gasteiger partial charge in [-0.05, 0) is 18.8 Å². The van der Waals surface area contributed by atoms with Crippen LogP contribution in [0.25, 0.3) is 0 Å². The zero-order valence-electron chi connectivity index (χ0n) is 14.2. The molecular weight excluding hydrogens is 266 g/mol. The molecule has 21 heavy (non-hydrogen) atoms. The molecule has 0 aromatic heterocycles. The zero-order valence-corrected chi connectivity index (χ0v) is 14.2. The van der Waals surface area contributed by atoms with Gasteiger partial charge in [0, 0.05) is 23.7 Å². The predicted octanol–water partition coefficient (Wildman–Crippen LogP) is 2.55. The van der Waals surface area contributed by atoms with E-state index < -0.39 is 11.8 Å². The second-order valence-electron chi connectivity index (χ2n) is 7.49. The minimum absolute atomic E-state index is 0.0304. The molecule has 0 radical (unpaired) electrons. The third-order valence-electron chi connectivity index (χ3n) is 5.79. The molecule has 122 valence electrons. The Hall–Kier alpha value is -0.610. The van der Waals surface area contributed by atoms with Crippen molar-refractivity contribution in [3.63, 3.8) is 0 Å². The van der Waals surface area contributed by atoms with Gasteiger partial charge >= 0.3 is 0 Å². The molecule has 2 rings (SSSR count). The first-order valence-electron chi connectivity index (χ1n) is 8.42. The molecule has 0 aromatic carbocycles. The maximum absolute atomic E-state index is 12.4. The average molecular weight is 297 g/mol. The van der Waals surface area contributed by atoms with Gasteiger partial charge in [0.25, 0.3) is 0 Å². The van der Waals surface area contributed by atoms with Crippen molar-refractivity contribution in [1.82, 2.24) is 5.32 Å². The van der Waals surface area contributed by atoms with Crippen molar-refractivity contribution in [2.75, 3.05) is 0 Å². The second-order valence-corrected chi connectivity index (χ2v) is 7.49. The molecule has 2 N–H and O–H groups in total. The number of carbonyl (C=O) groups excluding carboxylic acids is 1. The number of hydrogen-bond acceptors (Lipinski definition) is 3. The van der Waals surface area contributed by atoms with Crippen LogP contribution in [-0.2, 0) is 9.53 Å². The molecule has 0 saturated carbocycles. The van der Waals surface area contributed by atoms with Gasteiger partial charge < -0.3 is 15.2 Å². The summed E-state index contributed by atoms with van der Waals surface area (Å²) >= 11 is 0. The fourth-order valence-electron chi connectivity index (χ4n) is 4.27. The van der Waals surface area contributed by atoms with E-state index in [0.29, 0.717) is 5.92 Å². The third-order valence-corrected chi connectivity index (χ3v) is 5.79. The fourth-order valence-corrected chi connectivity index (χ4v) is 4.27. The maximum atomic E-state index is 12.4. The van der Waals surface area contributed by atoms with E-state index in [9.17, 15) is 9.90 Å². The number of carbonyl (C=O) groups is 1. The second kappa shape index (κ2) is 5.88. The first-order valence-corrected chi connectivity index (χ1v) is 8.42.